The molecule has 1 heteroatoms. The first kappa shape index (κ1) is 13.7. The van der Waals surface area contributed by atoms with E-state index in [9.17, 15) is 0 Å². The van der Waals surface area contributed by atoms with Crippen LogP contribution in [0.5, 0.6) is 5.75 Å². The summed E-state index contributed by atoms with van der Waals surface area (Å²) in [4.78, 5) is 0. The highest BCUT2D eigenvalue weighted by Crippen LogP contribution is 2.11. The molecule has 0 heterocycles. The van der Waals surface area contributed by atoms with Crippen LogP contribution in [0.3, 0.4) is 0 Å². The molecule has 100 valence electrons. The summed E-state index contributed by atoms with van der Waals surface area (Å²) in [6.07, 6.45) is 6.14. The Balaban J connectivity index is 1.49. The average Bonchev–Trinajstić information content (AvgIpc) is 2.48. The average molecular weight is 254 g/mol. The lowest BCUT2D eigenvalue weighted by molar-refractivity contribution is 0.304. The Morgan fingerprint density at radius 2 is 1.26 bits per heavy atom. The number of rotatable bonds is 8. The van der Waals surface area contributed by atoms with Gasteiger partial charge in [-0.2, -0.15) is 0 Å². The van der Waals surface area contributed by atoms with Gasteiger partial charge >= 0.3 is 0 Å². The molecule has 0 N–H and O–H groups in total. The van der Waals surface area contributed by atoms with E-state index in [2.05, 4.69) is 30.3 Å². The summed E-state index contributed by atoms with van der Waals surface area (Å²) < 4.78 is 5.67. The third kappa shape index (κ3) is 5.60. The van der Waals surface area contributed by atoms with Crippen LogP contribution < -0.4 is 4.74 Å². The highest BCUT2D eigenvalue weighted by molar-refractivity contribution is 5.20. The van der Waals surface area contributed by atoms with Crippen LogP contribution in [0.4, 0.5) is 0 Å². The van der Waals surface area contributed by atoms with Crippen LogP contribution in [0.25, 0.3) is 0 Å². The van der Waals surface area contributed by atoms with Gasteiger partial charge in [-0.25, -0.2) is 0 Å². The monoisotopic (exact) mass is 254 g/mol. The molecule has 0 fully saturated rings. The van der Waals surface area contributed by atoms with Gasteiger partial charge in [0.05, 0.1) is 6.61 Å². The van der Waals surface area contributed by atoms with Crippen molar-refractivity contribution >= 4 is 0 Å². The van der Waals surface area contributed by atoms with Crippen molar-refractivity contribution in [1.82, 2.24) is 0 Å². The van der Waals surface area contributed by atoms with Crippen molar-refractivity contribution in [1.29, 1.82) is 0 Å². The Labute approximate surface area is 116 Å². The molecule has 0 amide bonds. The maximum Gasteiger partial charge on any atom is 0.119 e. The molecule has 0 unspecified atom stereocenters. The first-order valence-electron chi connectivity index (χ1n) is 7.17. The number of unbranched alkanes of at least 4 members (excludes halogenated alkanes) is 3. The summed E-state index contributed by atoms with van der Waals surface area (Å²) >= 11 is 0. The normalized spacial score (nSPS) is 10.3. The van der Waals surface area contributed by atoms with Gasteiger partial charge in [0, 0.05) is 0 Å². The van der Waals surface area contributed by atoms with Gasteiger partial charge in [0.25, 0.3) is 0 Å². The smallest absolute Gasteiger partial charge is 0.119 e. The van der Waals surface area contributed by atoms with Crippen LogP contribution in [-0.4, -0.2) is 6.61 Å². The Bertz CT molecular complexity index is 392. The van der Waals surface area contributed by atoms with Crippen molar-refractivity contribution in [2.75, 3.05) is 6.61 Å². The largest absolute Gasteiger partial charge is 0.494 e. The molecule has 0 saturated carbocycles. The number of ether oxygens (including phenoxy) is 1. The van der Waals surface area contributed by atoms with Crippen molar-refractivity contribution in [3.63, 3.8) is 0 Å². The van der Waals surface area contributed by atoms with Crippen molar-refractivity contribution in [2.24, 2.45) is 0 Å². The highest BCUT2D eigenvalue weighted by Gasteiger charge is 1.94. The Hall–Kier alpha value is -1.76. The molecule has 0 aliphatic carbocycles. The van der Waals surface area contributed by atoms with E-state index in [0.29, 0.717) is 0 Å². The molecule has 0 saturated heterocycles. The molecular formula is C18H22O. The van der Waals surface area contributed by atoms with Crippen molar-refractivity contribution in [2.45, 2.75) is 32.1 Å². The Kier molecular flexibility index (Phi) is 6.01. The first-order valence-corrected chi connectivity index (χ1v) is 7.17. The molecule has 1 nitrogen and oxygen atoms in total. The van der Waals surface area contributed by atoms with Crippen LogP contribution in [0.15, 0.2) is 60.7 Å². The van der Waals surface area contributed by atoms with Gasteiger partial charge in [0.1, 0.15) is 5.75 Å². The predicted octanol–water partition coefficient (Wildman–Crippen LogP) is 4.87. The molecule has 2 rings (SSSR count). The number of hydrogen-bond donors (Lipinski definition) is 0. The molecule has 0 aliphatic rings. The molecule has 0 bridgehead atoms. The lowest BCUT2D eigenvalue weighted by Crippen LogP contribution is -1.97. The summed E-state index contributed by atoms with van der Waals surface area (Å²) in [5.41, 5.74) is 1.45. The Morgan fingerprint density at radius 1 is 0.632 bits per heavy atom. The fourth-order valence-electron chi connectivity index (χ4n) is 2.14. The van der Waals surface area contributed by atoms with Gasteiger partial charge in [-0.3, -0.25) is 0 Å². The zero-order valence-corrected chi connectivity index (χ0v) is 11.4. The second-order valence-electron chi connectivity index (χ2n) is 4.81. The summed E-state index contributed by atoms with van der Waals surface area (Å²) in [6.45, 7) is 0.829. The maximum atomic E-state index is 5.67. The van der Waals surface area contributed by atoms with Gasteiger partial charge in [-0.1, -0.05) is 61.4 Å². The van der Waals surface area contributed by atoms with E-state index >= 15 is 0 Å². The number of para-hydroxylation sites is 1. The first-order chi connectivity index (χ1) is 9.45. The highest BCUT2D eigenvalue weighted by atomic mass is 16.5. The van der Waals surface area contributed by atoms with E-state index in [1.165, 1.54) is 31.2 Å². The van der Waals surface area contributed by atoms with E-state index in [4.69, 9.17) is 4.74 Å². The summed E-state index contributed by atoms with van der Waals surface area (Å²) in [7, 11) is 0. The fraction of sp³-hybridized carbons (Fsp3) is 0.333. The minimum absolute atomic E-state index is 0.829. The predicted molar refractivity (Wildman–Crippen MR) is 80.6 cm³/mol. The van der Waals surface area contributed by atoms with Crippen LogP contribution in [-0.2, 0) is 6.42 Å². The zero-order chi connectivity index (χ0) is 13.2. The maximum absolute atomic E-state index is 5.67. The molecule has 19 heavy (non-hydrogen) atoms. The van der Waals surface area contributed by atoms with Gasteiger partial charge < -0.3 is 4.74 Å². The molecule has 0 radical (unpaired) electrons. The van der Waals surface area contributed by atoms with Crippen LogP contribution >= 0.6 is 0 Å². The molecule has 2 aromatic carbocycles. The van der Waals surface area contributed by atoms with E-state index in [1.54, 1.807) is 0 Å². The molecular weight excluding hydrogens is 232 g/mol. The standard InChI is InChI=1S/C18H22O/c1(5-11-17-12-6-3-7-13-17)2-10-16-19-18-14-8-4-9-15-18/h3-4,6-9,12-15H,1-2,5,10-11,16H2. The molecule has 2 aromatic rings. The topological polar surface area (TPSA) is 9.23 Å². The van der Waals surface area contributed by atoms with Gasteiger partial charge in [-0.05, 0) is 37.0 Å². The SMILES string of the molecule is c1ccc(CCCCCCOc2ccccc2)cc1. The van der Waals surface area contributed by atoms with E-state index in [1.807, 2.05) is 30.3 Å². The second-order valence-corrected chi connectivity index (χ2v) is 4.81. The zero-order valence-electron chi connectivity index (χ0n) is 11.4. The summed E-state index contributed by atoms with van der Waals surface area (Å²) in [5, 5.41) is 0. The van der Waals surface area contributed by atoms with Gasteiger partial charge in [-0.15, -0.1) is 0 Å². The van der Waals surface area contributed by atoms with Crippen LogP contribution in [0, 0.1) is 0 Å². The molecule has 0 atom stereocenters. The lowest BCUT2D eigenvalue weighted by atomic mass is 10.1. The minimum Gasteiger partial charge on any atom is -0.494 e. The number of benzene rings is 2. The summed E-state index contributed by atoms with van der Waals surface area (Å²) in [5.74, 6) is 0.979. The van der Waals surface area contributed by atoms with Gasteiger partial charge in [0.15, 0.2) is 0 Å². The Morgan fingerprint density at radius 3 is 2.00 bits per heavy atom. The lowest BCUT2D eigenvalue weighted by Gasteiger charge is -2.05. The summed E-state index contributed by atoms with van der Waals surface area (Å²) in [6, 6.07) is 20.8. The third-order valence-electron chi connectivity index (χ3n) is 3.21. The van der Waals surface area contributed by atoms with Crippen LogP contribution in [0.2, 0.25) is 0 Å². The molecule has 0 spiro atoms. The second kappa shape index (κ2) is 8.36. The molecule has 0 aromatic heterocycles. The number of aryl methyl sites for hydroxylation is 1. The third-order valence-corrected chi connectivity index (χ3v) is 3.21. The van der Waals surface area contributed by atoms with Gasteiger partial charge in [0.2, 0.25) is 0 Å². The van der Waals surface area contributed by atoms with E-state index < -0.39 is 0 Å². The van der Waals surface area contributed by atoms with Crippen molar-refractivity contribution in [3.05, 3.63) is 66.2 Å². The molecule has 0 aliphatic heterocycles. The van der Waals surface area contributed by atoms with Crippen LogP contribution in [0.1, 0.15) is 31.2 Å². The number of hydrogen-bond acceptors (Lipinski definition) is 1. The minimum atomic E-state index is 0.829. The van der Waals surface area contributed by atoms with E-state index in [0.717, 1.165) is 18.8 Å². The quantitative estimate of drug-likeness (QED) is 0.611. The van der Waals surface area contributed by atoms with Crippen molar-refractivity contribution < 1.29 is 4.74 Å². The fourth-order valence-corrected chi connectivity index (χ4v) is 2.14. The van der Waals surface area contributed by atoms with E-state index in [-0.39, 0.29) is 0 Å². The van der Waals surface area contributed by atoms with Crippen molar-refractivity contribution in [3.8, 4) is 5.75 Å².